The average Bonchev–Trinajstić information content (AvgIpc) is 3.31. The SMILES string of the molecule is CN(C)C1C(=O)C(C(N)=O)C(=O)C2(O)C(=O)C3C(=O)c4c(O)ccc(CN5CCCC5)c4CC3CC12. The molecule has 10 heteroatoms. The molecule has 1 aromatic rings. The lowest BCUT2D eigenvalue weighted by Crippen LogP contribution is -2.74. The molecule has 6 atom stereocenters. The zero-order valence-electron chi connectivity index (χ0n) is 20.4. The first-order valence-electron chi connectivity index (χ1n) is 12.4. The lowest BCUT2D eigenvalue weighted by molar-refractivity contribution is -0.181. The summed E-state index contributed by atoms with van der Waals surface area (Å²) in [6.45, 7) is 2.50. The molecule has 3 fully saturated rings. The van der Waals surface area contributed by atoms with Crippen molar-refractivity contribution < 1.29 is 34.2 Å². The second-order valence-corrected chi connectivity index (χ2v) is 10.9. The molecule has 2 saturated carbocycles. The lowest BCUT2D eigenvalue weighted by Gasteiger charge is -2.52. The van der Waals surface area contributed by atoms with Gasteiger partial charge in [-0.3, -0.25) is 33.8 Å². The highest BCUT2D eigenvalue weighted by Gasteiger charge is 2.69. The molecule has 0 spiro atoms. The first kappa shape index (κ1) is 24.7. The van der Waals surface area contributed by atoms with Gasteiger partial charge in [0.15, 0.2) is 34.7 Å². The van der Waals surface area contributed by atoms with Crippen LogP contribution in [0.4, 0.5) is 0 Å². The van der Waals surface area contributed by atoms with Crippen molar-refractivity contribution in [2.24, 2.45) is 29.4 Å². The van der Waals surface area contributed by atoms with Crippen LogP contribution in [0.5, 0.6) is 5.75 Å². The van der Waals surface area contributed by atoms with Gasteiger partial charge in [-0.25, -0.2) is 0 Å². The number of rotatable bonds is 4. The summed E-state index contributed by atoms with van der Waals surface area (Å²) in [5, 5.41) is 22.2. The number of benzene rings is 1. The molecule has 3 aliphatic carbocycles. The Morgan fingerprint density at radius 1 is 1.14 bits per heavy atom. The molecule has 4 aliphatic rings. The maximum absolute atomic E-state index is 13.8. The van der Waals surface area contributed by atoms with E-state index in [4.69, 9.17) is 5.73 Å². The molecule has 5 rings (SSSR count). The summed E-state index contributed by atoms with van der Waals surface area (Å²) < 4.78 is 0. The van der Waals surface area contributed by atoms with Gasteiger partial charge in [0, 0.05) is 12.5 Å². The molecule has 1 saturated heterocycles. The fourth-order valence-corrected chi connectivity index (χ4v) is 7.00. The Hall–Kier alpha value is -2.95. The van der Waals surface area contributed by atoms with Gasteiger partial charge >= 0.3 is 0 Å². The quantitative estimate of drug-likeness (QED) is 0.465. The minimum absolute atomic E-state index is 0.0540. The predicted molar refractivity (Wildman–Crippen MR) is 126 cm³/mol. The Labute approximate surface area is 208 Å². The summed E-state index contributed by atoms with van der Waals surface area (Å²) in [4.78, 5) is 69.7. The van der Waals surface area contributed by atoms with Crippen LogP contribution < -0.4 is 5.73 Å². The number of aliphatic hydroxyl groups is 1. The van der Waals surface area contributed by atoms with E-state index in [-0.39, 0.29) is 17.7 Å². The zero-order chi connectivity index (χ0) is 26.1. The van der Waals surface area contributed by atoms with Gasteiger partial charge in [-0.15, -0.1) is 0 Å². The molecular formula is C26H31N3O7. The number of hydrogen-bond acceptors (Lipinski definition) is 9. The molecule has 36 heavy (non-hydrogen) atoms. The summed E-state index contributed by atoms with van der Waals surface area (Å²) in [6.07, 6.45) is 2.55. The second-order valence-electron chi connectivity index (χ2n) is 10.9. The Morgan fingerprint density at radius 2 is 1.81 bits per heavy atom. The van der Waals surface area contributed by atoms with Crippen molar-refractivity contribution in [2.75, 3.05) is 27.2 Å². The van der Waals surface area contributed by atoms with E-state index in [0.29, 0.717) is 18.5 Å². The minimum Gasteiger partial charge on any atom is -0.507 e. The molecule has 10 nitrogen and oxygen atoms in total. The summed E-state index contributed by atoms with van der Waals surface area (Å²) >= 11 is 0. The van der Waals surface area contributed by atoms with Gasteiger partial charge in [0.1, 0.15) is 5.75 Å². The molecule has 1 heterocycles. The third kappa shape index (κ3) is 3.38. The number of hydrogen-bond donors (Lipinski definition) is 3. The van der Waals surface area contributed by atoms with E-state index in [0.717, 1.165) is 31.5 Å². The van der Waals surface area contributed by atoms with E-state index in [9.17, 15) is 34.2 Å². The Bertz CT molecular complexity index is 1190. The molecule has 6 unspecified atom stereocenters. The van der Waals surface area contributed by atoms with E-state index in [1.54, 1.807) is 20.2 Å². The van der Waals surface area contributed by atoms with E-state index >= 15 is 0 Å². The van der Waals surface area contributed by atoms with Gasteiger partial charge in [-0.1, -0.05) is 6.07 Å². The fraction of sp³-hybridized carbons (Fsp3) is 0.577. The third-order valence-corrected chi connectivity index (χ3v) is 8.63. The molecule has 0 radical (unpaired) electrons. The van der Waals surface area contributed by atoms with Crippen molar-refractivity contribution in [3.05, 3.63) is 28.8 Å². The topological polar surface area (TPSA) is 158 Å². The van der Waals surface area contributed by atoms with Crippen LogP contribution in [0.1, 0.15) is 40.7 Å². The number of phenolic OH excluding ortho intramolecular Hbond substituents is 1. The zero-order valence-corrected chi connectivity index (χ0v) is 20.4. The smallest absolute Gasteiger partial charge is 0.235 e. The van der Waals surface area contributed by atoms with E-state index in [1.807, 2.05) is 0 Å². The number of primary amides is 1. The number of nitrogens with two attached hydrogens (primary N) is 1. The Morgan fingerprint density at radius 3 is 2.42 bits per heavy atom. The number of phenols is 1. The van der Waals surface area contributed by atoms with Gasteiger partial charge < -0.3 is 15.9 Å². The van der Waals surface area contributed by atoms with Crippen LogP contribution in [0, 0.1) is 23.7 Å². The number of amides is 1. The lowest BCUT2D eigenvalue weighted by atomic mass is 9.52. The van der Waals surface area contributed by atoms with Crippen molar-refractivity contribution in [3.63, 3.8) is 0 Å². The number of ketones is 4. The minimum atomic E-state index is -2.69. The third-order valence-electron chi connectivity index (χ3n) is 8.63. The van der Waals surface area contributed by atoms with Crippen LogP contribution in [0.15, 0.2) is 12.1 Å². The molecule has 0 aromatic heterocycles. The maximum atomic E-state index is 13.8. The standard InChI is InChI=1S/C26H31N3O7/c1-28(2)20-15-10-13-9-14-12(11-29-7-3-4-8-29)5-6-16(30)18(14)21(31)17(13)23(33)26(15,36)24(34)19(22(20)32)25(27)35/h5-6,13,15,17,19-20,30,36H,3-4,7-11H2,1-2H3,(H2,27,35). The maximum Gasteiger partial charge on any atom is 0.235 e. The normalized spacial score (nSPS) is 34.5. The number of aromatic hydroxyl groups is 1. The van der Waals surface area contributed by atoms with Crippen LogP contribution >= 0.6 is 0 Å². The van der Waals surface area contributed by atoms with Gasteiger partial charge in [0.05, 0.1) is 17.5 Å². The van der Waals surface area contributed by atoms with E-state index in [2.05, 4.69) is 4.90 Å². The average molecular weight is 498 g/mol. The molecule has 192 valence electrons. The summed E-state index contributed by atoms with van der Waals surface area (Å²) in [7, 11) is 3.14. The molecule has 4 N–H and O–H groups in total. The molecular weight excluding hydrogens is 466 g/mol. The van der Waals surface area contributed by atoms with Crippen molar-refractivity contribution >= 4 is 29.0 Å². The first-order valence-corrected chi connectivity index (χ1v) is 12.4. The fourth-order valence-electron chi connectivity index (χ4n) is 7.00. The highest BCUT2D eigenvalue weighted by atomic mass is 16.3. The van der Waals surface area contributed by atoms with E-state index < -0.39 is 64.4 Å². The Balaban J connectivity index is 1.59. The van der Waals surface area contributed by atoms with Gasteiger partial charge in [0.2, 0.25) is 5.91 Å². The van der Waals surface area contributed by atoms with Crippen LogP contribution in [0.2, 0.25) is 0 Å². The van der Waals surface area contributed by atoms with Crippen molar-refractivity contribution in [1.82, 2.24) is 9.80 Å². The first-order chi connectivity index (χ1) is 17.0. The van der Waals surface area contributed by atoms with Crippen molar-refractivity contribution in [3.8, 4) is 5.75 Å². The monoisotopic (exact) mass is 497 g/mol. The predicted octanol–water partition coefficient (Wildman–Crippen LogP) is -0.537. The van der Waals surface area contributed by atoms with Gasteiger partial charge in [-0.2, -0.15) is 0 Å². The van der Waals surface area contributed by atoms with Gasteiger partial charge in [0.25, 0.3) is 0 Å². The van der Waals surface area contributed by atoms with Crippen LogP contribution in [0.3, 0.4) is 0 Å². The second kappa shape index (κ2) is 8.57. The van der Waals surface area contributed by atoms with Crippen LogP contribution in [-0.4, -0.2) is 87.9 Å². The molecule has 1 aromatic carbocycles. The summed E-state index contributed by atoms with van der Waals surface area (Å²) in [5.74, 6) is -10.1. The Kier molecular flexibility index (Phi) is 5.89. The highest BCUT2D eigenvalue weighted by Crippen LogP contribution is 2.51. The van der Waals surface area contributed by atoms with Gasteiger partial charge in [-0.05, 0) is 76.0 Å². The number of carbonyl (C=O) groups excluding carboxylic acids is 5. The number of fused-ring (bicyclic) bond motifs is 3. The van der Waals surface area contributed by atoms with Crippen LogP contribution in [-0.2, 0) is 32.1 Å². The summed E-state index contributed by atoms with van der Waals surface area (Å²) in [5.41, 5.74) is 4.27. The molecule has 1 aliphatic heterocycles. The summed E-state index contributed by atoms with van der Waals surface area (Å²) in [6, 6.07) is 2.15. The molecule has 1 amide bonds. The number of likely N-dealkylation sites (N-methyl/N-ethyl adjacent to an activating group) is 1. The highest BCUT2D eigenvalue weighted by molar-refractivity contribution is 6.32. The van der Waals surface area contributed by atoms with E-state index in [1.165, 1.54) is 11.0 Å². The molecule has 0 bridgehead atoms. The van der Waals surface area contributed by atoms with Crippen LogP contribution in [0.25, 0.3) is 0 Å². The number of nitrogens with zero attached hydrogens (tertiary/aromatic N) is 2. The van der Waals surface area contributed by atoms with Crippen molar-refractivity contribution in [2.45, 2.75) is 43.9 Å². The largest absolute Gasteiger partial charge is 0.507 e. The van der Waals surface area contributed by atoms with Crippen molar-refractivity contribution in [1.29, 1.82) is 0 Å². The number of Topliss-reactive ketones (excluding diaryl/α,β-unsaturated/α-hetero) is 4. The number of likely N-dealkylation sites (tertiary alicyclic amines) is 1. The number of carbonyl (C=O) groups is 5.